The molecule has 2 heterocycles. The van der Waals surface area contributed by atoms with Crippen LogP contribution in [0.25, 0.3) is 0 Å². The Balaban J connectivity index is 0.00000210. The molecule has 2 fully saturated rings. The number of carbonyl (C=O) groups excluding carboxylic acids is 1. The van der Waals surface area contributed by atoms with E-state index in [9.17, 15) is 4.79 Å². The molecule has 2 aromatic rings. The first-order chi connectivity index (χ1) is 12.6. The number of halogens is 1. The van der Waals surface area contributed by atoms with Gasteiger partial charge in [-0.25, -0.2) is 0 Å². The highest BCUT2D eigenvalue weighted by Gasteiger charge is 2.46. The Morgan fingerprint density at radius 2 is 1.89 bits per heavy atom. The third kappa shape index (κ3) is 4.04. The van der Waals surface area contributed by atoms with Crippen LogP contribution in [0.4, 0.5) is 0 Å². The van der Waals surface area contributed by atoms with Gasteiger partial charge in [-0.2, -0.15) is 0 Å². The van der Waals surface area contributed by atoms with Gasteiger partial charge in [0, 0.05) is 32.0 Å². The molecule has 0 aliphatic carbocycles. The van der Waals surface area contributed by atoms with Gasteiger partial charge in [0.15, 0.2) is 0 Å². The molecule has 0 saturated carbocycles. The SMILES string of the molecule is Cc1ccc(CCC(=O)N2C[C@@H]3CNC[C@@H]3[C@H]2c2ccccc2)c(C)c1.Cl. The first-order valence-corrected chi connectivity index (χ1v) is 9.75. The van der Waals surface area contributed by atoms with Crippen LogP contribution in [-0.2, 0) is 11.2 Å². The molecule has 2 aromatic carbocycles. The van der Waals surface area contributed by atoms with Crippen LogP contribution in [0.3, 0.4) is 0 Å². The minimum atomic E-state index is 0. The fourth-order valence-electron chi connectivity index (χ4n) is 4.77. The number of fused-ring (bicyclic) bond motifs is 1. The quantitative estimate of drug-likeness (QED) is 0.861. The molecular weight excluding hydrogens is 356 g/mol. The molecule has 4 heteroatoms. The fourth-order valence-corrected chi connectivity index (χ4v) is 4.77. The number of benzene rings is 2. The number of nitrogens with zero attached hydrogens (tertiary/aromatic N) is 1. The molecule has 27 heavy (non-hydrogen) atoms. The summed E-state index contributed by atoms with van der Waals surface area (Å²) < 4.78 is 0. The first kappa shape index (κ1) is 19.9. The number of hydrogen-bond donors (Lipinski definition) is 1. The van der Waals surface area contributed by atoms with E-state index in [1.807, 2.05) is 0 Å². The van der Waals surface area contributed by atoms with Crippen molar-refractivity contribution in [3.8, 4) is 0 Å². The molecule has 2 saturated heterocycles. The van der Waals surface area contributed by atoms with E-state index in [4.69, 9.17) is 0 Å². The summed E-state index contributed by atoms with van der Waals surface area (Å²) in [7, 11) is 0. The van der Waals surface area contributed by atoms with Crippen LogP contribution in [0, 0.1) is 25.7 Å². The number of rotatable bonds is 4. The summed E-state index contributed by atoms with van der Waals surface area (Å²) in [4.78, 5) is 15.3. The maximum absolute atomic E-state index is 13.1. The maximum Gasteiger partial charge on any atom is 0.223 e. The second kappa shape index (κ2) is 8.45. The molecule has 0 spiro atoms. The van der Waals surface area contributed by atoms with Gasteiger partial charge in [-0.15, -0.1) is 12.4 Å². The topological polar surface area (TPSA) is 32.3 Å². The molecule has 4 rings (SSSR count). The smallest absolute Gasteiger partial charge is 0.223 e. The van der Waals surface area contributed by atoms with Crippen molar-refractivity contribution in [3.63, 3.8) is 0 Å². The third-order valence-corrected chi connectivity index (χ3v) is 6.13. The normalized spacial score (nSPS) is 23.8. The van der Waals surface area contributed by atoms with E-state index in [0.717, 1.165) is 26.1 Å². The average Bonchev–Trinajstić information content (AvgIpc) is 3.22. The number of nitrogens with one attached hydrogen (secondary N) is 1. The van der Waals surface area contributed by atoms with Crippen molar-refractivity contribution in [2.45, 2.75) is 32.7 Å². The maximum atomic E-state index is 13.1. The van der Waals surface area contributed by atoms with Gasteiger partial charge in [0.1, 0.15) is 0 Å². The number of amides is 1. The Kier molecular flexibility index (Phi) is 6.23. The van der Waals surface area contributed by atoms with Gasteiger partial charge < -0.3 is 10.2 Å². The molecule has 144 valence electrons. The lowest BCUT2D eigenvalue weighted by Crippen LogP contribution is -2.34. The van der Waals surface area contributed by atoms with Crippen molar-refractivity contribution in [2.75, 3.05) is 19.6 Å². The second-order valence-electron chi connectivity index (χ2n) is 7.91. The zero-order valence-corrected chi connectivity index (χ0v) is 17.0. The molecular formula is C23H29ClN2O. The zero-order chi connectivity index (χ0) is 18.1. The minimum Gasteiger partial charge on any atom is -0.335 e. The minimum absolute atomic E-state index is 0. The van der Waals surface area contributed by atoms with E-state index in [2.05, 4.69) is 72.6 Å². The standard InChI is InChI=1S/C23H28N2O.ClH/c1-16-8-9-18(17(2)12-16)10-11-22(26)25-15-20-13-24-14-21(20)23(25)19-6-4-3-5-7-19;/h3-9,12,20-21,23-24H,10-11,13-15H2,1-2H3;1H/t20-,21-,23+;/m0./s1. The largest absolute Gasteiger partial charge is 0.335 e. The lowest BCUT2D eigenvalue weighted by molar-refractivity contribution is -0.132. The molecule has 2 aliphatic rings. The summed E-state index contributed by atoms with van der Waals surface area (Å²) >= 11 is 0. The van der Waals surface area contributed by atoms with Crippen molar-refractivity contribution in [2.24, 2.45) is 11.8 Å². The van der Waals surface area contributed by atoms with Crippen LogP contribution in [0.2, 0.25) is 0 Å². The van der Waals surface area contributed by atoms with Gasteiger partial charge in [0.2, 0.25) is 5.91 Å². The molecule has 1 amide bonds. The first-order valence-electron chi connectivity index (χ1n) is 9.75. The second-order valence-corrected chi connectivity index (χ2v) is 7.91. The zero-order valence-electron chi connectivity index (χ0n) is 16.2. The predicted molar refractivity (Wildman–Crippen MR) is 112 cm³/mol. The Labute approximate surface area is 168 Å². The molecule has 0 bridgehead atoms. The van der Waals surface area contributed by atoms with Gasteiger partial charge in [-0.3, -0.25) is 4.79 Å². The Hall–Kier alpha value is -1.84. The highest BCUT2D eigenvalue weighted by Crippen LogP contribution is 2.42. The van der Waals surface area contributed by atoms with E-state index < -0.39 is 0 Å². The summed E-state index contributed by atoms with van der Waals surface area (Å²) in [5, 5.41) is 3.52. The van der Waals surface area contributed by atoms with Crippen molar-refractivity contribution in [1.82, 2.24) is 10.2 Å². The summed E-state index contributed by atoms with van der Waals surface area (Å²) in [6.45, 7) is 7.21. The van der Waals surface area contributed by atoms with E-state index >= 15 is 0 Å². The molecule has 3 nitrogen and oxygen atoms in total. The summed E-state index contributed by atoms with van der Waals surface area (Å²) in [6, 6.07) is 17.3. The van der Waals surface area contributed by atoms with Crippen LogP contribution in [0.15, 0.2) is 48.5 Å². The summed E-state index contributed by atoms with van der Waals surface area (Å²) in [5.41, 5.74) is 5.14. The highest BCUT2D eigenvalue weighted by molar-refractivity contribution is 5.85. The van der Waals surface area contributed by atoms with Crippen molar-refractivity contribution in [3.05, 3.63) is 70.8 Å². The van der Waals surface area contributed by atoms with Crippen LogP contribution in [0.1, 0.15) is 34.7 Å². The Bertz CT molecular complexity index is 792. The molecule has 3 atom stereocenters. The van der Waals surface area contributed by atoms with Gasteiger partial charge in [0.05, 0.1) is 6.04 Å². The van der Waals surface area contributed by atoms with E-state index in [0.29, 0.717) is 24.2 Å². The molecule has 2 aliphatic heterocycles. The van der Waals surface area contributed by atoms with Gasteiger partial charge in [-0.05, 0) is 42.9 Å². The van der Waals surface area contributed by atoms with E-state index in [1.54, 1.807) is 0 Å². The number of likely N-dealkylation sites (tertiary alicyclic amines) is 1. The average molecular weight is 385 g/mol. The van der Waals surface area contributed by atoms with Gasteiger partial charge >= 0.3 is 0 Å². The molecule has 0 radical (unpaired) electrons. The molecule has 1 N–H and O–H groups in total. The summed E-state index contributed by atoms with van der Waals surface area (Å²) in [6.07, 6.45) is 1.43. The third-order valence-electron chi connectivity index (χ3n) is 6.13. The number of carbonyl (C=O) groups is 1. The van der Waals surface area contributed by atoms with E-state index in [-0.39, 0.29) is 18.4 Å². The van der Waals surface area contributed by atoms with Crippen LogP contribution in [-0.4, -0.2) is 30.4 Å². The van der Waals surface area contributed by atoms with Crippen molar-refractivity contribution in [1.29, 1.82) is 0 Å². The Morgan fingerprint density at radius 1 is 1.11 bits per heavy atom. The van der Waals surface area contributed by atoms with Crippen LogP contribution in [0.5, 0.6) is 0 Å². The highest BCUT2D eigenvalue weighted by atomic mass is 35.5. The monoisotopic (exact) mass is 384 g/mol. The number of aryl methyl sites for hydroxylation is 3. The van der Waals surface area contributed by atoms with Gasteiger partial charge in [0.25, 0.3) is 0 Å². The van der Waals surface area contributed by atoms with Crippen molar-refractivity contribution < 1.29 is 4.79 Å². The lowest BCUT2D eigenvalue weighted by atomic mass is 9.89. The van der Waals surface area contributed by atoms with E-state index in [1.165, 1.54) is 22.3 Å². The fraction of sp³-hybridized carbons (Fsp3) is 0.435. The lowest BCUT2D eigenvalue weighted by Gasteiger charge is -2.28. The van der Waals surface area contributed by atoms with Crippen LogP contribution < -0.4 is 5.32 Å². The Morgan fingerprint density at radius 3 is 2.63 bits per heavy atom. The van der Waals surface area contributed by atoms with Gasteiger partial charge in [-0.1, -0.05) is 54.1 Å². The summed E-state index contributed by atoms with van der Waals surface area (Å²) in [5.74, 6) is 1.43. The predicted octanol–water partition coefficient (Wildman–Crippen LogP) is 4.08. The van der Waals surface area contributed by atoms with Crippen molar-refractivity contribution >= 4 is 18.3 Å². The molecule has 0 unspecified atom stereocenters. The molecule has 0 aromatic heterocycles. The number of hydrogen-bond acceptors (Lipinski definition) is 2. The van der Waals surface area contributed by atoms with Crippen LogP contribution >= 0.6 is 12.4 Å².